The number of rotatable bonds is 3. The molecule has 0 aliphatic carbocycles. The third-order valence-corrected chi connectivity index (χ3v) is 2.55. The van der Waals surface area contributed by atoms with E-state index in [1.807, 2.05) is 31.2 Å². The Morgan fingerprint density at radius 2 is 2.11 bits per heavy atom. The standard InChI is InChI=1S/C13H12N4O/c1-2-18-10-5-3-4-9(8-10)11-16-12-13(17-11)15-7-6-14-12/h3-8H,2H2,1H3,(H,14,15,16,17). The second kappa shape index (κ2) is 4.44. The van der Waals surface area contributed by atoms with Gasteiger partial charge in [0.2, 0.25) is 0 Å². The molecule has 2 heterocycles. The van der Waals surface area contributed by atoms with Gasteiger partial charge in [-0.05, 0) is 19.1 Å². The molecular formula is C13H12N4O. The van der Waals surface area contributed by atoms with Crippen LogP contribution in [-0.4, -0.2) is 26.5 Å². The van der Waals surface area contributed by atoms with Gasteiger partial charge in [0, 0.05) is 18.0 Å². The molecule has 0 atom stereocenters. The summed E-state index contributed by atoms with van der Waals surface area (Å²) in [5.41, 5.74) is 2.27. The van der Waals surface area contributed by atoms with Crippen LogP contribution in [0.4, 0.5) is 0 Å². The predicted octanol–water partition coefficient (Wildman–Crippen LogP) is 2.42. The molecular weight excluding hydrogens is 228 g/mol. The van der Waals surface area contributed by atoms with Crippen molar-refractivity contribution in [2.75, 3.05) is 6.61 Å². The maximum absolute atomic E-state index is 5.47. The second-order valence-corrected chi connectivity index (χ2v) is 3.77. The second-order valence-electron chi connectivity index (χ2n) is 3.77. The average molecular weight is 240 g/mol. The van der Waals surface area contributed by atoms with Crippen molar-refractivity contribution in [3.63, 3.8) is 0 Å². The molecule has 0 aliphatic rings. The van der Waals surface area contributed by atoms with Gasteiger partial charge >= 0.3 is 0 Å². The normalized spacial score (nSPS) is 10.7. The molecule has 1 N–H and O–H groups in total. The number of ether oxygens (including phenoxy) is 1. The SMILES string of the molecule is CCOc1cccc(-c2nc3nccnc3[nH]2)c1. The number of nitrogens with one attached hydrogen (secondary N) is 1. The predicted molar refractivity (Wildman–Crippen MR) is 68.3 cm³/mol. The zero-order valence-corrected chi connectivity index (χ0v) is 9.92. The third kappa shape index (κ3) is 1.90. The van der Waals surface area contributed by atoms with Crippen LogP contribution in [0, 0.1) is 0 Å². The van der Waals surface area contributed by atoms with Crippen LogP contribution in [-0.2, 0) is 0 Å². The Hall–Kier alpha value is -2.43. The number of fused-ring (bicyclic) bond motifs is 1. The first-order valence-electron chi connectivity index (χ1n) is 5.77. The zero-order chi connectivity index (χ0) is 12.4. The van der Waals surface area contributed by atoms with Crippen LogP contribution in [0.15, 0.2) is 36.7 Å². The van der Waals surface area contributed by atoms with Crippen LogP contribution in [0.1, 0.15) is 6.92 Å². The van der Waals surface area contributed by atoms with Gasteiger partial charge in [0.05, 0.1) is 6.61 Å². The van der Waals surface area contributed by atoms with Crippen LogP contribution in [0.5, 0.6) is 5.75 Å². The van der Waals surface area contributed by atoms with Crippen molar-refractivity contribution in [1.29, 1.82) is 0 Å². The van der Waals surface area contributed by atoms with E-state index in [0.717, 1.165) is 17.1 Å². The van der Waals surface area contributed by atoms with Crippen molar-refractivity contribution in [3.05, 3.63) is 36.7 Å². The lowest BCUT2D eigenvalue weighted by molar-refractivity contribution is 0.340. The molecule has 0 saturated carbocycles. The smallest absolute Gasteiger partial charge is 0.197 e. The van der Waals surface area contributed by atoms with Gasteiger partial charge in [-0.2, -0.15) is 0 Å². The van der Waals surface area contributed by atoms with Crippen LogP contribution < -0.4 is 4.74 Å². The highest BCUT2D eigenvalue weighted by molar-refractivity contribution is 5.72. The van der Waals surface area contributed by atoms with Crippen molar-refractivity contribution in [3.8, 4) is 17.1 Å². The summed E-state index contributed by atoms with van der Waals surface area (Å²) < 4.78 is 5.47. The lowest BCUT2D eigenvalue weighted by Gasteiger charge is -2.03. The largest absolute Gasteiger partial charge is 0.494 e. The molecule has 0 radical (unpaired) electrons. The molecule has 5 heteroatoms. The molecule has 0 spiro atoms. The average Bonchev–Trinajstić information content (AvgIpc) is 2.83. The number of imidazole rings is 1. The highest BCUT2D eigenvalue weighted by Gasteiger charge is 2.07. The van der Waals surface area contributed by atoms with Crippen molar-refractivity contribution in [1.82, 2.24) is 19.9 Å². The molecule has 5 nitrogen and oxygen atoms in total. The molecule has 3 rings (SSSR count). The van der Waals surface area contributed by atoms with E-state index in [1.54, 1.807) is 12.4 Å². The molecule has 0 amide bonds. The van der Waals surface area contributed by atoms with E-state index < -0.39 is 0 Å². The van der Waals surface area contributed by atoms with Crippen molar-refractivity contribution < 1.29 is 4.74 Å². The summed E-state index contributed by atoms with van der Waals surface area (Å²) in [4.78, 5) is 15.9. The van der Waals surface area contributed by atoms with Crippen LogP contribution in [0.2, 0.25) is 0 Å². The summed E-state index contributed by atoms with van der Waals surface area (Å²) in [6, 6.07) is 7.78. The van der Waals surface area contributed by atoms with E-state index in [0.29, 0.717) is 17.9 Å². The Morgan fingerprint density at radius 1 is 1.22 bits per heavy atom. The lowest BCUT2D eigenvalue weighted by atomic mass is 10.2. The molecule has 0 fully saturated rings. The van der Waals surface area contributed by atoms with E-state index in [-0.39, 0.29) is 0 Å². The number of H-pyrrole nitrogens is 1. The first kappa shape index (κ1) is 10.7. The quantitative estimate of drug-likeness (QED) is 0.763. The van der Waals surface area contributed by atoms with Crippen molar-refractivity contribution in [2.45, 2.75) is 6.92 Å². The highest BCUT2D eigenvalue weighted by Crippen LogP contribution is 2.22. The highest BCUT2D eigenvalue weighted by atomic mass is 16.5. The Morgan fingerprint density at radius 3 is 2.94 bits per heavy atom. The monoisotopic (exact) mass is 240 g/mol. The summed E-state index contributed by atoms with van der Waals surface area (Å²) in [6.45, 7) is 2.61. The number of hydrogen-bond acceptors (Lipinski definition) is 4. The minimum Gasteiger partial charge on any atom is -0.494 e. The van der Waals surface area contributed by atoms with E-state index >= 15 is 0 Å². The van der Waals surface area contributed by atoms with Crippen LogP contribution >= 0.6 is 0 Å². The van der Waals surface area contributed by atoms with Gasteiger partial charge in [0.1, 0.15) is 11.6 Å². The van der Waals surface area contributed by atoms with E-state index in [1.165, 1.54) is 0 Å². The molecule has 18 heavy (non-hydrogen) atoms. The molecule has 0 aliphatic heterocycles. The minimum atomic E-state index is 0.620. The van der Waals surface area contributed by atoms with E-state index in [2.05, 4.69) is 19.9 Å². The van der Waals surface area contributed by atoms with Gasteiger partial charge < -0.3 is 9.72 Å². The maximum Gasteiger partial charge on any atom is 0.197 e. The molecule has 0 bridgehead atoms. The summed E-state index contributed by atoms with van der Waals surface area (Å²) >= 11 is 0. The maximum atomic E-state index is 5.47. The van der Waals surface area contributed by atoms with Gasteiger partial charge in [0.25, 0.3) is 0 Å². The van der Waals surface area contributed by atoms with Gasteiger partial charge in [-0.1, -0.05) is 12.1 Å². The molecule has 90 valence electrons. The zero-order valence-electron chi connectivity index (χ0n) is 9.92. The molecule has 1 aromatic carbocycles. The number of aromatic amines is 1. The number of aromatic nitrogens is 4. The summed E-state index contributed by atoms with van der Waals surface area (Å²) in [6.07, 6.45) is 3.27. The van der Waals surface area contributed by atoms with Crippen LogP contribution in [0.3, 0.4) is 0 Å². The van der Waals surface area contributed by atoms with Gasteiger partial charge in [-0.3, -0.25) is 0 Å². The Balaban J connectivity index is 2.05. The van der Waals surface area contributed by atoms with E-state index in [4.69, 9.17) is 4.74 Å². The molecule has 0 unspecified atom stereocenters. The number of benzene rings is 1. The minimum absolute atomic E-state index is 0.620. The Labute approximate surface area is 104 Å². The van der Waals surface area contributed by atoms with Crippen molar-refractivity contribution >= 4 is 11.3 Å². The topological polar surface area (TPSA) is 63.7 Å². The van der Waals surface area contributed by atoms with Gasteiger partial charge in [-0.15, -0.1) is 0 Å². The van der Waals surface area contributed by atoms with Crippen LogP contribution in [0.25, 0.3) is 22.7 Å². The summed E-state index contributed by atoms with van der Waals surface area (Å²) in [5.74, 6) is 1.58. The molecule has 2 aromatic heterocycles. The van der Waals surface area contributed by atoms with Gasteiger partial charge in [-0.25, -0.2) is 15.0 Å². The fourth-order valence-electron chi connectivity index (χ4n) is 1.78. The fraction of sp³-hybridized carbons (Fsp3) is 0.154. The fourth-order valence-corrected chi connectivity index (χ4v) is 1.78. The first-order valence-corrected chi connectivity index (χ1v) is 5.77. The van der Waals surface area contributed by atoms with E-state index in [9.17, 15) is 0 Å². The lowest BCUT2D eigenvalue weighted by Crippen LogP contribution is -1.91. The summed E-state index contributed by atoms with van der Waals surface area (Å²) in [7, 11) is 0. The summed E-state index contributed by atoms with van der Waals surface area (Å²) in [5, 5.41) is 0. The molecule has 0 saturated heterocycles. The number of nitrogens with zero attached hydrogens (tertiary/aromatic N) is 3. The van der Waals surface area contributed by atoms with Gasteiger partial charge in [0.15, 0.2) is 11.3 Å². The van der Waals surface area contributed by atoms with Crippen molar-refractivity contribution in [2.24, 2.45) is 0 Å². The Kier molecular flexibility index (Phi) is 2.64. The number of hydrogen-bond donors (Lipinski definition) is 1. The molecule has 3 aromatic rings. The first-order chi connectivity index (χ1) is 8.86. The Bertz CT molecular complexity index is 644. The third-order valence-electron chi connectivity index (χ3n) is 2.55.